The predicted octanol–water partition coefficient (Wildman–Crippen LogP) is 5.53. The van der Waals surface area contributed by atoms with Gasteiger partial charge in [-0.1, -0.05) is 44.4 Å². The van der Waals surface area contributed by atoms with Crippen LogP contribution in [0.4, 0.5) is 0 Å². The Labute approximate surface area is 197 Å². The first-order valence-electron chi connectivity index (χ1n) is 11.9. The van der Waals surface area contributed by atoms with Crippen LogP contribution < -0.4 is 10.2 Å². The van der Waals surface area contributed by atoms with Crippen LogP contribution >= 0.6 is 11.8 Å². The number of para-hydroxylation sites is 1. The number of phenolic OH excluding ortho intramolecular Hbond substituents is 2. The third-order valence-corrected chi connectivity index (χ3v) is 7.34. The molecule has 2 aromatic rings. The number of methoxy groups -OCH3 is 1. The van der Waals surface area contributed by atoms with Crippen LogP contribution in [0.3, 0.4) is 0 Å². The van der Waals surface area contributed by atoms with Gasteiger partial charge in [-0.15, -0.1) is 11.8 Å². The molecule has 3 rings (SSSR count). The molecule has 0 aromatic heterocycles. The van der Waals surface area contributed by atoms with Gasteiger partial charge in [0.25, 0.3) is 0 Å². The molecule has 32 heavy (non-hydrogen) atoms. The van der Waals surface area contributed by atoms with E-state index in [1.54, 1.807) is 13.2 Å². The second kappa shape index (κ2) is 13.0. The van der Waals surface area contributed by atoms with E-state index in [1.165, 1.54) is 30.6 Å². The van der Waals surface area contributed by atoms with Crippen molar-refractivity contribution in [1.29, 1.82) is 0 Å². The van der Waals surface area contributed by atoms with Gasteiger partial charge in [0.15, 0.2) is 11.5 Å². The number of hydrogen-bond acceptors (Lipinski definition) is 6. The standard InChI is InChI=1S/C26H38N2O3S/c1-3-4-5-8-17-28(21-13-14-22-20(19-21)12-15-23(29)26(22)30)27-16-9-18-32-25-11-7-6-10-24(25)31-2/h6-7,10-12,15,21,27,29-30H,3-5,8-9,13-14,16-19H2,1-2H3. The van der Waals surface area contributed by atoms with E-state index in [4.69, 9.17) is 4.74 Å². The number of hydrogen-bond donors (Lipinski definition) is 3. The molecule has 5 nitrogen and oxygen atoms in total. The van der Waals surface area contributed by atoms with Gasteiger partial charge in [0.05, 0.1) is 7.11 Å². The molecule has 0 radical (unpaired) electrons. The highest BCUT2D eigenvalue weighted by atomic mass is 32.2. The predicted molar refractivity (Wildman–Crippen MR) is 133 cm³/mol. The normalized spacial score (nSPS) is 15.7. The summed E-state index contributed by atoms with van der Waals surface area (Å²) in [7, 11) is 1.72. The molecule has 3 N–H and O–H groups in total. The van der Waals surface area contributed by atoms with E-state index in [-0.39, 0.29) is 11.5 Å². The van der Waals surface area contributed by atoms with E-state index in [1.807, 2.05) is 30.0 Å². The van der Waals surface area contributed by atoms with Crippen molar-refractivity contribution in [3.8, 4) is 17.2 Å². The van der Waals surface area contributed by atoms with Gasteiger partial charge in [-0.3, -0.25) is 5.43 Å². The van der Waals surface area contributed by atoms with Crippen LogP contribution in [0.5, 0.6) is 17.2 Å². The number of fused-ring (bicyclic) bond motifs is 1. The van der Waals surface area contributed by atoms with Crippen LogP contribution in [-0.4, -0.2) is 47.2 Å². The number of unbranched alkanes of at least 4 members (excludes halogenated alkanes) is 3. The van der Waals surface area contributed by atoms with Crippen molar-refractivity contribution in [2.45, 2.75) is 69.2 Å². The maximum absolute atomic E-state index is 10.2. The Morgan fingerprint density at radius 3 is 2.75 bits per heavy atom. The van der Waals surface area contributed by atoms with Crippen molar-refractivity contribution >= 4 is 11.8 Å². The second-order valence-electron chi connectivity index (χ2n) is 8.48. The first kappa shape index (κ1) is 24.7. The number of nitrogens with zero attached hydrogens (tertiary/aromatic N) is 1. The molecule has 0 bridgehead atoms. The lowest BCUT2D eigenvalue weighted by atomic mass is 9.87. The minimum absolute atomic E-state index is 0.00991. The number of rotatable bonds is 13. The van der Waals surface area contributed by atoms with Gasteiger partial charge >= 0.3 is 0 Å². The molecule has 0 fully saturated rings. The number of aromatic hydroxyl groups is 2. The number of hydrazine groups is 1. The maximum atomic E-state index is 10.2. The average molecular weight is 459 g/mol. The number of ether oxygens (including phenoxy) is 1. The number of nitrogens with one attached hydrogen (secondary N) is 1. The van der Waals surface area contributed by atoms with Crippen molar-refractivity contribution in [3.05, 3.63) is 47.5 Å². The molecule has 0 spiro atoms. The molecular weight excluding hydrogens is 420 g/mol. The van der Waals surface area contributed by atoms with Crippen LogP contribution in [0.15, 0.2) is 41.3 Å². The zero-order valence-corrected chi connectivity index (χ0v) is 20.3. The smallest absolute Gasteiger partial charge is 0.160 e. The van der Waals surface area contributed by atoms with Crippen molar-refractivity contribution in [2.24, 2.45) is 0 Å². The molecule has 176 valence electrons. The third kappa shape index (κ3) is 6.80. The largest absolute Gasteiger partial charge is 0.504 e. The molecule has 0 aliphatic heterocycles. The van der Waals surface area contributed by atoms with Gasteiger partial charge in [-0.05, 0) is 61.6 Å². The first-order valence-corrected chi connectivity index (χ1v) is 12.9. The van der Waals surface area contributed by atoms with Gasteiger partial charge < -0.3 is 14.9 Å². The summed E-state index contributed by atoms with van der Waals surface area (Å²) in [6.07, 6.45) is 8.75. The summed E-state index contributed by atoms with van der Waals surface area (Å²) in [6.45, 7) is 4.24. The number of benzene rings is 2. The van der Waals surface area contributed by atoms with Crippen LogP contribution in [0.25, 0.3) is 0 Å². The summed E-state index contributed by atoms with van der Waals surface area (Å²) in [4.78, 5) is 1.19. The minimum atomic E-state index is -0.00991. The van der Waals surface area contributed by atoms with Crippen molar-refractivity contribution in [1.82, 2.24) is 10.4 Å². The highest BCUT2D eigenvalue weighted by Crippen LogP contribution is 2.36. The molecule has 6 heteroatoms. The minimum Gasteiger partial charge on any atom is -0.504 e. The molecular formula is C26H38N2O3S. The van der Waals surface area contributed by atoms with Gasteiger partial charge in [0, 0.05) is 29.6 Å². The summed E-state index contributed by atoms with van der Waals surface area (Å²) in [5.41, 5.74) is 5.79. The Balaban J connectivity index is 1.52. The Bertz CT molecular complexity index is 846. The lowest BCUT2D eigenvalue weighted by Crippen LogP contribution is -2.49. The van der Waals surface area contributed by atoms with E-state index < -0.39 is 0 Å². The molecule has 0 saturated carbocycles. The number of thioether (sulfide) groups is 1. The number of phenols is 2. The molecule has 1 aliphatic carbocycles. The van der Waals surface area contributed by atoms with E-state index in [9.17, 15) is 10.2 Å². The summed E-state index contributed by atoms with van der Waals surface area (Å²) < 4.78 is 5.45. The van der Waals surface area contributed by atoms with Crippen LogP contribution in [0, 0.1) is 0 Å². The Hall–Kier alpha value is -1.89. The molecule has 0 amide bonds. The summed E-state index contributed by atoms with van der Waals surface area (Å²) >= 11 is 1.84. The Morgan fingerprint density at radius 2 is 1.94 bits per heavy atom. The summed E-state index contributed by atoms with van der Waals surface area (Å²) in [6, 6.07) is 12.2. The Kier molecular flexibility index (Phi) is 10.0. The molecule has 2 aromatic carbocycles. The quantitative estimate of drug-likeness (QED) is 0.159. The topological polar surface area (TPSA) is 65.0 Å². The van der Waals surface area contributed by atoms with Crippen molar-refractivity contribution in [3.63, 3.8) is 0 Å². The molecule has 0 saturated heterocycles. The monoisotopic (exact) mass is 458 g/mol. The van der Waals surface area contributed by atoms with E-state index in [2.05, 4.69) is 29.5 Å². The van der Waals surface area contributed by atoms with Gasteiger partial charge in [-0.2, -0.15) is 0 Å². The molecule has 0 heterocycles. The summed E-state index contributed by atoms with van der Waals surface area (Å²) in [5.74, 6) is 2.04. The highest BCUT2D eigenvalue weighted by molar-refractivity contribution is 7.99. The van der Waals surface area contributed by atoms with Crippen molar-refractivity contribution in [2.75, 3.05) is 26.0 Å². The second-order valence-corrected chi connectivity index (χ2v) is 9.62. The van der Waals surface area contributed by atoms with E-state index in [0.717, 1.165) is 61.4 Å². The lowest BCUT2D eigenvalue weighted by Gasteiger charge is -2.36. The fraction of sp³-hybridized carbons (Fsp3) is 0.538. The molecule has 1 atom stereocenters. The van der Waals surface area contributed by atoms with Gasteiger partial charge in [0.1, 0.15) is 5.75 Å². The van der Waals surface area contributed by atoms with E-state index >= 15 is 0 Å². The maximum Gasteiger partial charge on any atom is 0.160 e. The third-order valence-electron chi connectivity index (χ3n) is 6.20. The highest BCUT2D eigenvalue weighted by Gasteiger charge is 2.26. The van der Waals surface area contributed by atoms with Gasteiger partial charge in [0.2, 0.25) is 0 Å². The Morgan fingerprint density at radius 1 is 1.09 bits per heavy atom. The fourth-order valence-electron chi connectivity index (χ4n) is 4.38. The molecule has 1 unspecified atom stereocenters. The lowest BCUT2D eigenvalue weighted by molar-refractivity contribution is 0.109. The zero-order chi connectivity index (χ0) is 22.8. The summed E-state index contributed by atoms with van der Waals surface area (Å²) in [5, 5.41) is 22.5. The van der Waals surface area contributed by atoms with Crippen LogP contribution in [0.2, 0.25) is 0 Å². The molecule has 1 aliphatic rings. The van der Waals surface area contributed by atoms with Crippen LogP contribution in [-0.2, 0) is 12.8 Å². The van der Waals surface area contributed by atoms with Crippen LogP contribution in [0.1, 0.15) is 56.6 Å². The van der Waals surface area contributed by atoms with E-state index in [0.29, 0.717) is 6.04 Å². The van der Waals surface area contributed by atoms with Gasteiger partial charge in [-0.25, -0.2) is 5.01 Å². The SMILES string of the molecule is CCCCCCN(NCCCSc1ccccc1OC)C1CCc2c(ccc(O)c2O)C1. The zero-order valence-electron chi connectivity index (χ0n) is 19.5. The van der Waals surface area contributed by atoms with Crippen molar-refractivity contribution < 1.29 is 14.9 Å². The first-order chi connectivity index (χ1) is 15.6. The average Bonchev–Trinajstić information content (AvgIpc) is 2.82. The fourth-order valence-corrected chi connectivity index (χ4v) is 5.36.